The summed E-state index contributed by atoms with van der Waals surface area (Å²) in [6.45, 7) is 0. The molecule has 0 aromatic heterocycles. The van der Waals surface area contributed by atoms with E-state index >= 15 is 0 Å². The van der Waals surface area contributed by atoms with Gasteiger partial charge in [0.2, 0.25) is 11.8 Å². The van der Waals surface area contributed by atoms with Gasteiger partial charge in [0.25, 0.3) is 0 Å². The fourth-order valence-electron chi connectivity index (χ4n) is 2.00. The van der Waals surface area contributed by atoms with Crippen LogP contribution in [0.5, 0.6) is 5.75 Å². The standard InChI is InChI=1S/C17H17ClN2O3/c18-14-8-5-12(6-9-14)11-17(23)20-19-16(22)10-7-13-3-1-2-4-15(13)21/h1-6,8-9,21H,7,10-11H2,(H,19,22)(H,20,23). The molecule has 0 aliphatic rings. The monoisotopic (exact) mass is 332 g/mol. The summed E-state index contributed by atoms with van der Waals surface area (Å²) in [6, 6.07) is 13.7. The molecule has 0 radical (unpaired) electrons. The van der Waals surface area contributed by atoms with Gasteiger partial charge in [0.15, 0.2) is 0 Å². The summed E-state index contributed by atoms with van der Waals surface area (Å²) >= 11 is 5.77. The van der Waals surface area contributed by atoms with Gasteiger partial charge in [0.1, 0.15) is 5.75 Å². The van der Waals surface area contributed by atoms with Crippen LogP contribution in [-0.4, -0.2) is 16.9 Å². The normalized spacial score (nSPS) is 10.1. The number of carbonyl (C=O) groups is 2. The van der Waals surface area contributed by atoms with Crippen molar-refractivity contribution >= 4 is 23.4 Å². The molecule has 0 aliphatic heterocycles. The molecule has 0 spiro atoms. The first kappa shape index (κ1) is 16.8. The first-order chi connectivity index (χ1) is 11.0. The zero-order valence-corrected chi connectivity index (χ0v) is 13.1. The average molecular weight is 333 g/mol. The minimum atomic E-state index is -0.322. The summed E-state index contributed by atoms with van der Waals surface area (Å²) in [4.78, 5) is 23.4. The van der Waals surface area contributed by atoms with E-state index in [9.17, 15) is 14.7 Å². The van der Waals surface area contributed by atoms with Crippen LogP contribution in [0.1, 0.15) is 17.5 Å². The van der Waals surface area contributed by atoms with E-state index in [4.69, 9.17) is 11.6 Å². The van der Waals surface area contributed by atoms with Crippen molar-refractivity contribution in [2.24, 2.45) is 0 Å². The third-order valence-corrected chi connectivity index (χ3v) is 3.48. The topological polar surface area (TPSA) is 78.4 Å². The predicted molar refractivity (Wildman–Crippen MR) is 87.9 cm³/mol. The molecule has 2 amide bonds. The van der Waals surface area contributed by atoms with E-state index in [0.717, 1.165) is 5.56 Å². The molecule has 5 nitrogen and oxygen atoms in total. The van der Waals surface area contributed by atoms with Crippen LogP contribution in [0.4, 0.5) is 0 Å². The second-order valence-corrected chi connectivity index (χ2v) is 5.46. The Balaban J connectivity index is 1.72. The average Bonchev–Trinajstić information content (AvgIpc) is 2.54. The van der Waals surface area contributed by atoms with Crippen LogP contribution in [0.2, 0.25) is 5.02 Å². The highest BCUT2D eigenvalue weighted by Crippen LogP contribution is 2.16. The fraction of sp³-hybridized carbons (Fsp3) is 0.176. The molecule has 23 heavy (non-hydrogen) atoms. The first-order valence-electron chi connectivity index (χ1n) is 7.13. The maximum absolute atomic E-state index is 11.7. The number of carbonyl (C=O) groups excluding carboxylic acids is 2. The number of aromatic hydroxyl groups is 1. The van der Waals surface area contributed by atoms with Crippen LogP contribution in [0.15, 0.2) is 48.5 Å². The molecule has 6 heteroatoms. The van der Waals surface area contributed by atoms with E-state index in [1.54, 1.807) is 48.5 Å². The molecule has 0 fully saturated rings. The largest absolute Gasteiger partial charge is 0.508 e. The van der Waals surface area contributed by atoms with E-state index in [1.165, 1.54) is 0 Å². The van der Waals surface area contributed by atoms with E-state index in [-0.39, 0.29) is 30.4 Å². The van der Waals surface area contributed by atoms with E-state index in [2.05, 4.69) is 10.9 Å². The number of benzene rings is 2. The summed E-state index contributed by atoms with van der Waals surface area (Å²) in [5.41, 5.74) is 6.21. The quantitative estimate of drug-likeness (QED) is 0.735. The highest BCUT2D eigenvalue weighted by atomic mass is 35.5. The summed E-state index contributed by atoms with van der Waals surface area (Å²) < 4.78 is 0. The lowest BCUT2D eigenvalue weighted by Gasteiger charge is -2.08. The van der Waals surface area contributed by atoms with E-state index < -0.39 is 0 Å². The molecule has 0 bridgehead atoms. The van der Waals surface area contributed by atoms with Crippen LogP contribution < -0.4 is 10.9 Å². The van der Waals surface area contributed by atoms with E-state index in [0.29, 0.717) is 17.0 Å². The van der Waals surface area contributed by atoms with Crippen LogP contribution in [0, 0.1) is 0 Å². The lowest BCUT2D eigenvalue weighted by Crippen LogP contribution is -2.42. The number of rotatable bonds is 5. The molecule has 0 saturated carbocycles. The van der Waals surface area contributed by atoms with Crippen molar-refractivity contribution in [2.75, 3.05) is 0 Å². The summed E-state index contributed by atoms with van der Waals surface area (Å²) in [7, 11) is 0. The Morgan fingerprint density at radius 1 is 0.957 bits per heavy atom. The van der Waals surface area contributed by atoms with Crippen LogP contribution in [-0.2, 0) is 22.4 Å². The zero-order valence-electron chi connectivity index (χ0n) is 12.4. The molecule has 0 saturated heterocycles. The molecule has 2 aromatic rings. The lowest BCUT2D eigenvalue weighted by molar-refractivity contribution is -0.128. The number of hydrogen-bond acceptors (Lipinski definition) is 3. The van der Waals surface area contributed by atoms with Crippen molar-refractivity contribution in [3.05, 3.63) is 64.7 Å². The van der Waals surface area contributed by atoms with Gasteiger partial charge < -0.3 is 5.11 Å². The summed E-state index contributed by atoms with van der Waals surface area (Å²) in [5, 5.41) is 10.2. The number of halogens is 1. The number of phenols is 1. The number of para-hydroxylation sites is 1. The highest BCUT2D eigenvalue weighted by Gasteiger charge is 2.07. The highest BCUT2D eigenvalue weighted by molar-refractivity contribution is 6.30. The second kappa shape index (κ2) is 8.19. The van der Waals surface area contributed by atoms with Crippen molar-refractivity contribution in [3.63, 3.8) is 0 Å². The Bertz CT molecular complexity index is 686. The van der Waals surface area contributed by atoms with Gasteiger partial charge in [-0.05, 0) is 35.7 Å². The molecule has 2 rings (SSSR count). The van der Waals surface area contributed by atoms with Gasteiger partial charge in [0.05, 0.1) is 6.42 Å². The van der Waals surface area contributed by atoms with Crippen LogP contribution in [0.25, 0.3) is 0 Å². The van der Waals surface area contributed by atoms with Gasteiger partial charge in [-0.25, -0.2) is 0 Å². The Hall–Kier alpha value is -2.53. The zero-order chi connectivity index (χ0) is 16.7. The third kappa shape index (κ3) is 5.64. The van der Waals surface area contributed by atoms with Crippen molar-refractivity contribution in [1.29, 1.82) is 0 Å². The van der Waals surface area contributed by atoms with Crippen molar-refractivity contribution in [2.45, 2.75) is 19.3 Å². The van der Waals surface area contributed by atoms with Gasteiger partial charge in [-0.3, -0.25) is 20.4 Å². The number of phenolic OH excluding ortho intramolecular Hbond substituents is 1. The fourth-order valence-corrected chi connectivity index (χ4v) is 2.13. The number of hydrogen-bond donors (Lipinski definition) is 3. The Kier molecular flexibility index (Phi) is 6.00. The van der Waals surface area contributed by atoms with Gasteiger partial charge in [-0.1, -0.05) is 41.9 Å². The SMILES string of the molecule is O=C(CCc1ccccc1O)NNC(=O)Cc1ccc(Cl)cc1. The number of amides is 2. The maximum atomic E-state index is 11.7. The predicted octanol–water partition coefficient (Wildman–Crippen LogP) is 2.37. The number of hydrazine groups is 1. The molecule has 3 N–H and O–H groups in total. The summed E-state index contributed by atoms with van der Waals surface area (Å²) in [6.07, 6.45) is 0.710. The van der Waals surface area contributed by atoms with Gasteiger partial charge in [0, 0.05) is 11.4 Å². The van der Waals surface area contributed by atoms with E-state index in [1.807, 2.05) is 0 Å². The van der Waals surface area contributed by atoms with Gasteiger partial charge in [-0.15, -0.1) is 0 Å². The molecule has 0 atom stereocenters. The van der Waals surface area contributed by atoms with Gasteiger partial charge >= 0.3 is 0 Å². The minimum absolute atomic E-state index is 0.150. The smallest absolute Gasteiger partial charge is 0.242 e. The lowest BCUT2D eigenvalue weighted by atomic mass is 10.1. The molecule has 2 aromatic carbocycles. The maximum Gasteiger partial charge on any atom is 0.242 e. The molecular weight excluding hydrogens is 316 g/mol. The van der Waals surface area contributed by atoms with Gasteiger partial charge in [-0.2, -0.15) is 0 Å². The first-order valence-corrected chi connectivity index (χ1v) is 7.51. The molecular formula is C17H17ClN2O3. The Morgan fingerprint density at radius 3 is 2.30 bits per heavy atom. The molecule has 0 unspecified atom stereocenters. The summed E-state index contributed by atoms with van der Waals surface area (Å²) in [5.74, 6) is -0.479. The third-order valence-electron chi connectivity index (χ3n) is 3.23. The second-order valence-electron chi connectivity index (χ2n) is 5.03. The van der Waals surface area contributed by atoms with Crippen LogP contribution in [0.3, 0.4) is 0 Å². The van der Waals surface area contributed by atoms with Crippen molar-refractivity contribution < 1.29 is 14.7 Å². The molecule has 120 valence electrons. The number of aryl methyl sites for hydroxylation is 1. The Morgan fingerprint density at radius 2 is 1.61 bits per heavy atom. The van der Waals surface area contributed by atoms with Crippen molar-refractivity contribution in [3.8, 4) is 5.75 Å². The Labute approximate surface area is 139 Å². The molecule has 0 aliphatic carbocycles. The number of nitrogens with one attached hydrogen (secondary N) is 2. The van der Waals surface area contributed by atoms with Crippen LogP contribution >= 0.6 is 11.6 Å². The minimum Gasteiger partial charge on any atom is -0.508 e. The molecule has 0 heterocycles. The van der Waals surface area contributed by atoms with Crippen molar-refractivity contribution in [1.82, 2.24) is 10.9 Å².